The molecular formula is C12H20FN3O2S. The van der Waals surface area contributed by atoms with E-state index in [1.807, 2.05) is 6.92 Å². The highest BCUT2D eigenvalue weighted by Crippen LogP contribution is 2.24. The minimum atomic E-state index is -4.00. The van der Waals surface area contributed by atoms with Gasteiger partial charge in [0.15, 0.2) is 5.82 Å². The van der Waals surface area contributed by atoms with E-state index in [1.165, 1.54) is 16.6 Å². The van der Waals surface area contributed by atoms with Crippen LogP contribution in [-0.2, 0) is 10.0 Å². The van der Waals surface area contributed by atoms with Gasteiger partial charge in [-0.2, -0.15) is 4.31 Å². The van der Waals surface area contributed by atoms with Gasteiger partial charge in [-0.3, -0.25) is 0 Å². The minimum Gasteiger partial charge on any atom is -0.329 e. The van der Waals surface area contributed by atoms with E-state index >= 15 is 0 Å². The lowest BCUT2D eigenvalue weighted by molar-refractivity contribution is 0.233. The van der Waals surface area contributed by atoms with Gasteiger partial charge in [0.1, 0.15) is 0 Å². The molecular weight excluding hydrogens is 269 g/mol. The molecule has 5 nitrogen and oxygen atoms in total. The molecule has 0 atom stereocenters. The summed E-state index contributed by atoms with van der Waals surface area (Å²) >= 11 is 0. The first-order valence-electron chi connectivity index (χ1n) is 6.10. The second-order valence-corrected chi connectivity index (χ2v) is 6.66. The van der Waals surface area contributed by atoms with Gasteiger partial charge in [-0.05, 0) is 32.4 Å². The monoisotopic (exact) mass is 289 g/mol. The fourth-order valence-electron chi connectivity index (χ4n) is 1.72. The van der Waals surface area contributed by atoms with Crippen LogP contribution in [0.25, 0.3) is 0 Å². The van der Waals surface area contributed by atoms with Gasteiger partial charge in [-0.1, -0.05) is 6.92 Å². The maximum Gasteiger partial charge on any atom is 0.264 e. The number of nitrogens with zero attached hydrogens (tertiary/aromatic N) is 2. The molecule has 19 heavy (non-hydrogen) atoms. The number of halogens is 1. The summed E-state index contributed by atoms with van der Waals surface area (Å²) in [7, 11) is -4.00. The number of sulfonamides is 1. The summed E-state index contributed by atoms with van der Waals surface area (Å²) in [5.74, 6) is -0.851. The molecule has 0 saturated heterocycles. The summed E-state index contributed by atoms with van der Waals surface area (Å²) in [4.78, 5) is 3.66. The van der Waals surface area contributed by atoms with E-state index in [2.05, 4.69) is 4.98 Å². The molecule has 0 aliphatic carbocycles. The van der Waals surface area contributed by atoms with Crippen molar-refractivity contribution in [3.05, 3.63) is 24.1 Å². The number of pyridine rings is 1. The fraction of sp³-hybridized carbons (Fsp3) is 0.583. The van der Waals surface area contributed by atoms with Crippen molar-refractivity contribution in [3.63, 3.8) is 0 Å². The van der Waals surface area contributed by atoms with Crippen LogP contribution in [-0.4, -0.2) is 36.3 Å². The molecule has 0 radical (unpaired) electrons. The molecule has 0 saturated carbocycles. The summed E-state index contributed by atoms with van der Waals surface area (Å²) in [6, 6.07) is 2.44. The second-order valence-electron chi connectivity index (χ2n) is 4.88. The predicted octanol–water partition coefficient (Wildman–Crippen LogP) is 1.36. The van der Waals surface area contributed by atoms with Crippen LogP contribution in [0.1, 0.15) is 27.2 Å². The van der Waals surface area contributed by atoms with E-state index < -0.39 is 26.4 Å². The van der Waals surface area contributed by atoms with Gasteiger partial charge < -0.3 is 5.73 Å². The van der Waals surface area contributed by atoms with Crippen LogP contribution in [0.2, 0.25) is 0 Å². The van der Waals surface area contributed by atoms with E-state index in [0.717, 1.165) is 6.07 Å². The van der Waals surface area contributed by atoms with Crippen molar-refractivity contribution >= 4 is 10.0 Å². The van der Waals surface area contributed by atoms with Gasteiger partial charge >= 0.3 is 0 Å². The van der Waals surface area contributed by atoms with E-state index in [9.17, 15) is 12.8 Å². The highest BCUT2D eigenvalue weighted by atomic mass is 32.2. The lowest BCUT2D eigenvalue weighted by atomic mass is 10.1. The van der Waals surface area contributed by atoms with Crippen LogP contribution in [0, 0.1) is 5.82 Å². The number of aromatic nitrogens is 1. The average Bonchev–Trinajstić information content (AvgIpc) is 2.35. The summed E-state index contributed by atoms with van der Waals surface area (Å²) in [6.45, 7) is 5.68. The van der Waals surface area contributed by atoms with Crippen molar-refractivity contribution in [2.75, 3.05) is 13.1 Å². The molecule has 7 heteroatoms. The third kappa shape index (κ3) is 3.29. The van der Waals surface area contributed by atoms with Crippen molar-refractivity contribution in [2.24, 2.45) is 5.73 Å². The SMILES string of the molecule is CCCN(C(C)(C)CN)S(=O)(=O)c1ncccc1F. The van der Waals surface area contributed by atoms with Gasteiger partial charge in [0, 0.05) is 24.8 Å². The standard InChI is InChI=1S/C12H20FN3O2S/c1-4-8-16(12(2,3)9-14)19(17,18)11-10(13)6-5-7-15-11/h5-7H,4,8-9,14H2,1-3H3. The first-order chi connectivity index (χ1) is 8.77. The highest BCUT2D eigenvalue weighted by molar-refractivity contribution is 7.89. The zero-order valence-electron chi connectivity index (χ0n) is 11.4. The zero-order valence-corrected chi connectivity index (χ0v) is 12.2. The van der Waals surface area contributed by atoms with E-state index in [0.29, 0.717) is 6.42 Å². The molecule has 0 fully saturated rings. The normalized spacial score (nSPS) is 12.9. The zero-order chi connectivity index (χ0) is 14.7. The Hall–Kier alpha value is -1.05. The Balaban J connectivity index is 3.33. The van der Waals surface area contributed by atoms with E-state index in [-0.39, 0.29) is 13.1 Å². The first-order valence-corrected chi connectivity index (χ1v) is 7.54. The Morgan fingerprint density at radius 2 is 2.11 bits per heavy atom. The molecule has 108 valence electrons. The maximum atomic E-state index is 13.7. The Labute approximate surface area is 113 Å². The van der Waals surface area contributed by atoms with Crippen LogP contribution in [0.15, 0.2) is 23.4 Å². The van der Waals surface area contributed by atoms with Gasteiger partial charge in [-0.25, -0.2) is 17.8 Å². The summed E-state index contributed by atoms with van der Waals surface area (Å²) in [5, 5.41) is -0.551. The molecule has 0 spiro atoms. The molecule has 0 aliphatic rings. The summed E-state index contributed by atoms with van der Waals surface area (Å²) in [5.41, 5.74) is 4.84. The Morgan fingerprint density at radius 1 is 1.47 bits per heavy atom. The molecule has 1 aromatic heterocycles. The molecule has 1 rings (SSSR count). The summed E-state index contributed by atoms with van der Waals surface area (Å²) < 4.78 is 39.9. The van der Waals surface area contributed by atoms with Crippen molar-refractivity contribution < 1.29 is 12.8 Å². The van der Waals surface area contributed by atoms with Crippen molar-refractivity contribution in [1.82, 2.24) is 9.29 Å². The minimum absolute atomic E-state index is 0.140. The quantitative estimate of drug-likeness (QED) is 0.858. The predicted molar refractivity (Wildman–Crippen MR) is 71.5 cm³/mol. The smallest absolute Gasteiger partial charge is 0.264 e. The van der Waals surface area contributed by atoms with Crippen LogP contribution in [0.5, 0.6) is 0 Å². The van der Waals surface area contributed by atoms with E-state index in [1.54, 1.807) is 13.8 Å². The highest BCUT2D eigenvalue weighted by Gasteiger charge is 2.37. The molecule has 0 aliphatic heterocycles. The second kappa shape index (κ2) is 5.94. The number of hydrogen-bond acceptors (Lipinski definition) is 4. The third-order valence-electron chi connectivity index (χ3n) is 2.86. The molecule has 0 bridgehead atoms. The molecule has 1 heterocycles. The maximum absolute atomic E-state index is 13.7. The van der Waals surface area contributed by atoms with Gasteiger partial charge in [0.05, 0.1) is 0 Å². The number of rotatable bonds is 6. The lowest BCUT2D eigenvalue weighted by Crippen LogP contribution is -2.52. The third-order valence-corrected chi connectivity index (χ3v) is 4.91. The molecule has 0 unspecified atom stereocenters. The van der Waals surface area contributed by atoms with Crippen LogP contribution in [0.3, 0.4) is 0 Å². The van der Waals surface area contributed by atoms with Crippen LogP contribution >= 0.6 is 0 Å². The van der Waals surface area contributed by atoms with E-state index in [4.69, 9.17) is 5.73 Å². The number of nitrogens with two attached hydrogens (primary N) is 1. The summed E-state index contributed by atoms with van der Waals surface area (Å²) in [6.07, 6.45) is 1.87. The molecule has 0 amide bonds. The average molecular weight is 289 g/mol. The van der Waals surface area contributed by atoms with Gasteiger partial charge in [0.2, 0.25) is 5.03 Å². The van der Waals surface area contributed by atoms with Gasteiger partial charge in [0.25, 0.3) is 10.0 Å². The largest absolute Gasteiger partial charge is 0.329 e. The molecule has 0 aromatic carbocycles. The Bertz CT molecular complexity index is 532. The van der Waals surface area contributed by atoms with Crippen molar-refractivity contribution in [1.29, 1.82) is 0 Å². The fourth-order valence-corrected chi connectivity index (χ4v) is 3.58. The van der Waals surface area contributed by atoms with Gasteiger partial charge in [-0.15, -0.1) is 0 Å². The Kier molecular flexibility index (Phi) is 5.00. The topological polar surface area (TPSA) is 76.3 Å². The Morgan fingerprint density at radius 3 is 2.58 bits per heavy atom. The van der Waals surface area contributed by atoms with Crippen molar-refractivity contribution in [3.8, 4) is 0 Å². The molecule has 2 N–H and O–H groups in total. The lowest BCUT2D eigenvalue weighted by Gasteiger charge is -2.36. The van der Waals surface area contributed by atoms with Crippen LogP contribution in [0.4, 0.5) is 4.39 Å². The number of hydrogen-bond donors (Lipinski definition) is 1. The first kappa shape index (κ1) is 16.0. The van der Waals surface area contributed by atoms with Crippen molar-refractivity contribution in [2.45, 2.75) is 37.8 Å². The van der Waals surface area contributed by atoms with Crippen LogP contribution < -0.4 is 5.73 Å². The molecule has 1 aromatic rings.